The molecule has 1 fully saturated rings. The highest BCUT2D eigenvalue weighted by Gasteiger charge is 2.38. The van der Waals surface area contributed by atoms with E-state index in [-0.39, 0.29) is 5.57 Å². The molecule has 2 aromatic rings. The van der Waals surface area contributed by atoms with Gasteiger partial charge in [0.25, 0.3) is 5.79 Å². The quantitative estimate of drug-likeness (QED) is 0.467. The van der Waals surface area contributed by atoms with E-state index in [1.165, 1.54) is 19.9 Å². The van der Waals surface area contributed by atoms with Crippen LogP contribution < -0.4 is 9.47 Å². The molecule has 6 heteroatoms. The van der Waals surface area contributed by atoms with Gasteiger partial charge in [-0.3, -0.25) is 0 Å². The number of carbonyl (C=O) groups is 2. The summed E-state index contributed by atoms with van der Waals surface area (Å²) in [5.74, 6) is -1.41. The van der Waals surface area contributed by atoms with Crippen LogP contribution in [0.4, 0.5) is 0 Å². The van der Waals surface area contributed by atoms with E-state index in [2.05, 4.69) is 0 Å². The van der Waals surface area contributed by atoms with E-state index in [0.717, 1.165) is 11.1 Å². The van der Waals surface area contributed by atoms with Gasteiger partial charge in [0.05, 0.1) is 14.2 Å². The number of ether oxygens (including phenoxy) is 4. The number of carbonyl (C=O) groups excluding carboxylic acids is 2. The fourth-order valence-electron chi connectivity index (χ4n) is 2.77. The van der Waals surface area contributed by atoms with Crippen LogP contribution in [-0.4, -0.2) is 31.9 Å². The average Bonchev–Trinajstić information content (AvgIpc) is 2.63. The maximum atomic E-state index is 12.1. The molecular formula is C21H20O6. The monoisotopic (exact) mass is 368 g/mol. The van der Waals surface area contributed by atoms with Crippen LogP contribution in [0.5, 0.6) is 11.5 Å². The normalized spacial score (nSPS) is 15.6. The van der Waals surface area contributed by atoms with Gasteiger partial charge >= 0.3 is 11.9 Å². The van der Waals surface area contributed by atoms with Crippen LogP contribution in [0.25, 0.3) is 17.2 Å². The molecule has 0 saturated carbocycles. The van der Waals surface area contributed by atoms with Gasteiger partial charge in [0.2, 0.25) is 0 Å². The number of hydrogen-bond donors (Lipinski definition) is 0. The van der Waals surface area contributed by atoms with Crippen molar-refractivity contribution in [2.75, 3.05) is 14.2 Å². The van der Waals surface area contributed by atoms with Gasteiger partial charge < -0.3 is 18.9 Å². The number of cyclic esters (lactones) is 2. The molecule has 6 nitrogen and oxygen atoms in total. The number of benzene rings is 2. The molecule has 0 N–H and O–H groups in total. The maximum Gasteiger partial charge on any atom is 0.348 e. The molecule has 2 aromatic carbocycles. The van der Waals surface area contributed by atoms with Crippen LogP contribution in [0.2, 0.25) is 0 Å². The van der Waals surface area contributed by atoms with Crippen molar-refractivity contribution in [2.24, 2.45) is 0 Å². The maximum absolute atomic E-state index is 12.1. The Balaban J connectivity index is 1.95. The van der Waals surface area contributed by atoms with Gasteiger partial charge in [-0.2, -0.15) is 0 Å². The van der Waals surface area contributed by atoms with Gasteiger partial charge in [0, 0.05) is 13.8 Å². The molecule has 0 atom stereocenters. The molecule has 0 aliphatic carbocycles. The molecule has 0 spiro atoms. The fraction of sp³-hybridized carbons (Fsp3) is 0.238. The molecule has 1 heterocycles. The van der Waals surface area contributed by atoms with E-state index < -0.39 is 17.7 Å². The van der Waals surface area contributed by atoms with Gasteiger partial charge in [-0.15, -0.1) is 0 Å². The Labute approximate surface area is 157 Å². The van der Waals surface area contributed by atoms with Gasteiger partial charge in [0.1, 0.15) is 5.57 Å². The Bertz CT molecular complexity index is 904. The molecule has 1 saturated heterocycles. The first kappa shape index (κ1) is 18.5. The molecule has 0 radical (unpaired) electrons. The first-order valence-electron chi connectivity index (χ1n) is 8.34. The summed E-state index contributed by atoms with van der Waals surface area (Å²) < 4.78 is 20.8. The third-order valence-corrected chi connectivity index (χ3v) is 4.03. The summed E-state index contributed by atoms with van der Waals surface area (Å²) in [4.78, 5) is 24.2. The van der Waals surface area contributed by atoms with Crippen molar-refractivity contribution in [2.45, 2.75) is 19.6 Å². The highest BCUT2D eigenvalue weighted by molar-refractivity contribution is 6.18. The van der Waals surface area contributed by atoms with Crippen LogP contribution in [0.3, 0.4) is 0 Å². The minimum Gasteiger partial charge on any atom is -0.493 e. The standard InChI is InChI=1S/C21H20O6/c1-21(2)26-19(22)16(20(23)27-21)11-13-6-5-7-14(10-13)15-8-9-17(24-3)18(12-15)25-4/h5-12H,1-4H3. The second-order valence-corrected chi connectivity index (χ2v) is 6.43. The first-order chi connectivity index (χ1) is 12.8. The van der Waals surface area contributed by atoms with Crippen molar-refractivity contribution in [1.29, 1.82) is 0 Å². The van der Waals surface area contributed by atoms with Crippen molar-refractivity contribution in [1.82, 2.24) is 0 Å². The number of rotatable bonds is 4. The average molecular weight is 368 g/mol. The highest BCUT2D eigenvalue weighted by Crippen LogP contribution is 2.33. The lowest BCUT2D eigenvalue weighted by Crippen LogP contribution is -2.41. The number of methoxy groups -OCH3 is 2. The van der Waals surface area contributed by atoms with Gasteiger partial charge in [-0.05, 0) is 41.0 Å². The minimum absolute atomic E-state index is 0.140. The summed E-state index contributed by atoms with van der Waals surface area (Å²) in [6, 6.07) is 13.0. The summed E-state index contributed by atoms with van der Waals surface area (Å²) in [6.45, 7) is 3.02. The Hall–Kier alpha value is -3.28. The van der Waals surface area contributed by atoms with E-state index >= 15 is 0 Å². The lowest BCUT2D eigenvalue weighted by molar-refractivity contribution is -0.222. The molecule has 140 valence electrons. The smallest absolute Gasteiger partial charge is 0.348 e. The molecular weight excluding hydrogens is 348 g/mol. The Morgan fingerprint density at radius 2 is 1.48 bits per heavy atom. The Morgan fingerprint density at radius 3 is 2.11 bits per heavy atom. The fourth-order valence-corrected chi connectivity index (χ4v) is 2.77. The third-order valence-electron chi connectivity index (χ3n) is 4.03. The topological polar surface area (TPSA) is 71.1 Å². The zero-order valence-corrected chi connectivity index (χ0v) is 15.6. The van der Waals surface area contributed by atoms with Crippen molar-refractivity contribution in [3.05, 3.63) is 53.6 Å². The summed E-state index contributed by atoms with van der Waals surface area (Å²) in [5.41, 5.74) is 2.33. The molecule has 0 aromatic heterocycles. The molecule has 1 aliphatic heterocycles. The van der Waals surface area contributed by atoms with Gasteiger partial charge in [-0.25, -0.2) is 9.59 Å². The zero-order chi connectivity index (χ0) is 19.6. The molecule has 3 rings (SSSR count). The lowest BCUT2D eigenvalue weighted by atomic mass is 10.0. The third kappa shape index (κ3) is 3.95. The zero-order valence-electron chi connectivity index (χ0n) is 15.6. The minimum atomic E-state index is -1.26. The number of esters is 2. The van der Waals surface area contributed by atoms with Crippen LogP contribution in [-0.2, 0) is 19.1 Å². The predicted octanol–water partition coefficient (Wildman–Crippen LogP) is 3.59. The summed E-state index contributed by atoms with van der Waals surface area (Å²) >= 11 is 0. The van der Waals surface area contributed by atoms with Crippen LogP contribution in [0, 0.1) is 0 Å². The second-order valence-electron chi connectivity index (χ2n) is 6.43. The van der Waals surface area contributed by atoms with Crippen molar-refractivity contribution < 1.29 is 28.5 Å². The van der Waals surface area contributed by atoms with E-state index in [9.17, 15) is 9.59 Å². The molecule has 0 unspecified atom stereocenters. The Morgan fingerprint density at radius 1 is 0.852 bits per heavy atom. The first-order valence-corrected chi connectivity index (χ1v) is 8.34. The highest BCUT2D eigenvalue weighted by atomic mass is 16.7. The van der Waals surface area contributed by atoms with E-state index in [1.807, 2.05) is 36.4 Å². The van der Waals surface area contributed by atoms with Crippen LogP contribution in [0.15, 0.2) is 48.0 Å². The predicted molar refractivity (Wildman–Crippen MR) is 99.2 cm³/mol. The van der Waals surface area contributed by atoms with Crippen molar-refractivity contribution in [3.63, 3.8) is 0 Å². The van der Waals surface area contributed by atoms with E-state index in [0.29, 0.717) is 17.1 Å². The molecule has 0 amide bonds. The Kier molecular flexibility index (Phi) is 4.90. The van der Waals surface area contributed by atoms with E-state index in [4.69, 9.17) is 18.9 Å². The lowest BCUT2D eigenvalue weighted by Gasteiger charge is -2.29. The molecule has 1 aliphatic rings. The SMILES string of the molecule is COc1ccc(-c2cccc(C=C3C(=O)OC(C)(C)OC3=O)c2)cc1OC. The summed E-state index contributed by atoms with van der Waals surface area (Å²) in [6.07, 6.45) is 1.46. The van der Waals surface area contributed by atoms with E-state index in [1.54, 1.807) is 20.3 Å². The summed E-state index contributed by atoms with van der Waals surface area (Å²) in [7, 11) is 3.15. The number of hydrogen-bond acceptors (Lipinski definition) is 6. The molecule has 27 heavy (non-hydrogen) atoms. The van der Waals surface area contributed by atoms with Crippen LogP contribution in [0.1, 0.15) is 19.4 Å². The van der Waals surface area contributed by atoms with Gasteiger partial charge in [-0.1, -0.05) is 24.3 Å². The van der Waals surface area contributed by atoms with Gasteiger partial charge in [0.15, 0.2) is 11.5 Å². The van der Waals surface area contributed by atoms with Crippen molar-refractivity contribution >= 4 is 18.0 Å². The summed E-state index contributed by atoms with van der Waals surface area (Å²) in [5, 5.41) is 0. The van der Waals surface area contributed by atoms with Crippen LogP contribution >= 0.6 is 0 Å². The van der Waals surface area contributed by atoms with Crippen molar-refractivity contribution in [3.8, 4) is 22.6 Å². The molecule has 0 bridgehead atoms. The largest absolute Gasteiger partial charge is 0.493 e. The second kappa shape index (κ2) is 7.15.